The summed E-state index contributed by atoms with van der Waals surface area (Å²) in [5.41, 5.74) is 9.35. The largest absolute Gasteiger partial charge is 0.481 e. The zero-order chi connectivity index (χ0) is 16.4. The molecule has 22 heavy (non-hydrogen) atoms. The van der Waals surface area contributed by atoms with Crippen molar-refractivity contribution in [3.05, 3.63) is 57.9 Å². The first-order valence-corrected chi connectivity index (χ1v) is 7.22. The number of hydrogen-bond donors (Lipinski definition) is 2. The Labute approximate surface area is 133 Å². The summed E-state index contributed by atoms with van der Waals surface area (Å²) in [5.74, 6) is -1.73. The molecule has 2 aromatic carbocycles. The van der Waals surface area contributed by atoms with Crippen LogP contribution in [-0.2, 0) is 4.79 Å². The highest BCUT2D eigenvalue weighted by Crippen LogP contribution is 2.36. The lowest BCUT2D eigenvalue weighted by atomic mass is 9.90. The van der Waals surface area contributed by atoms with Crippen molar-refractivity contribution in [3.63, 3.8) is 0 Å². The molecule has 0 heterocycles. The molecule has 0 aliphatic carbocycles. The Bertz CT molecular complexity index is 731. The normalized spacial score (nSPS) is 12.2. The van der Waals surface area contributed by atoms with Crippen LogP contribution >= 0.6 is 11.6 Å². The Morgan fingerprint density at radius 3 is 2.55 bits per heavy atom. The Hall–Kier alpha value is -1.91. The first-order valence-electron chi connectivity index (χ1n) is 6.84. The average molecular weight is 322 g/mol. The van der Waals surface area contributed by atoms with Crippen LogP contribution in [0.2, 0.25) is 5.02 Å². The molecule has 0 amide bonds. The van der Waals surface area contributed by atoms with E-state index in [1.165, 1.54) is 0 Å². The van der Waals surface area contributed by atoms with Gasteiger partial charge in [0.05, 0.1) is 11.4 Å². The quantitative estimate of drug-likeness (QED) is 0.885. The minimum Gasteiger partial charge on any atom is -0.481 e. The molecule has 0 aromatic heterocycles. The summed E-state index contributed by atoms with van der Waals surface area (Å²) in [5, 5.41) is 8.84. The lowest BCUT2D eigenvalue weighted by molar-refractivity contribution is -0.137. The van der Waals surface area contributed by atoms with Crippen molar-refractivity contribution in [3.8, 4) is 11.1 Å². The molecule has 0 radical (unpaired) electrons. The summed E-state index contributed by atoms with van der Waals surface area (Å²) in [6.45, 7) is 3.68. The maximum atomic E-state index is 14.4. The topological polar surface area (TPSA) is 63.3 Å². The smallest absolute Gasteiger partial charge is 0.305 e. The second kappa shape index (κ2) is 6.46. The molecule has 116 valence electrons. The Balaban J connectivity index is 2.66. The molecular formula is C17H17ClFNO2. The van der Waals surface area contributed by atoms with Crippen molar-refractivity contribution in [1.29, 1.82) is 0 Å². The Kier molecular flexibility index (Phi) is 4.84. The van der Waals surface area contributed by atoms with E-state index < -0.39 is 17.8 Å². The molecule has 0 aliphatic heterocycles. The van der Waals surface area contributed by atoms with Crippen LogP contribution in [0.5, 0.6) is 0 Å². The highest BCUT2D eigenvalue weighted by Gasteiger charge is 2.22. The molecule has 0 spiro atoms. The predicted molar refractivity (Wildman–Crippen MR) is 85.5 cm³/mol. The van der Waals surface area contributed by atoms with E-state index in [9.17, 15) is 9.18 Å². The molecule has 0 saturated heterocycles. The zero-order valence-electron chi connectivity index (χ0n) is 12.4. The molecule has 1 unspecified atom stereocenters. The number of benzene rings is 2. The molecule has 0 fully saturated rings. The molecule has 0 aliphatic rings. The SMILES string of the molecule is Cc1ccccc1-c1cc(Cl)c(F)c(C(N)CC(=O)O)c1C. The number of carboxylic acid groups (broad SMARTS) is 1. The van der Waals surface area contributed by atoms with Gasteiger partial charge in [0.25, 0.3) is 0 Å². The van der Waals surface area contributed by atoms with Gasteiger partial charge in [0, 0.05) is 11.6 Å². The van der Waals surface area contributed by atoms with Gasteiger partial charge in [0.1, 0.15) is 5.82 Å². The van der Waals surface area contributed by atoms with Gasteiger partial charge in [0.15, 0.2) is 0 Å². The van der Waals surface area contributed by atoms with Gasteiger partial charge in [-0.15, -0.1) is 0 Å². The van der Waals surface area contributed by atoms with E-state index in [0.29, 0.717) is 5.56 Å². The minimum absolute atomic E-state index is 0.0558. The molecule has 2 rings (SSSR count). The predicted octanol–water partition coefficient (Wildman–Crippen LogP) is 4.24. The van der Waals surface area contributed by atoms with E-state index >= 15 is 0 Å². The molecule has 1 atom stereocenters. The van der Waals surface area contributed by atoms with Crippen LogP contribution < -0.4 is 5.73 Å². The number of rotatable bonds is 4. The molecule has 0 bridgehead atoms. The van der Waals surface area contributed by atoms with Crippen molar-refractivity contribution in [2.24, 2.45) is 5.73 Å². The summed E-state index contributed by atoms with van der Waals surface area (Å²) >= 11 is 6.00. The van der Waals surface area contributed by atoms with Crippen molar-refractivity contribution in [2.75, 3.05) is 0 Å². The van der Waals surface area contributed by atoms with Gasteiger partial charge in [-0.3, -0.25) is 4.79 Å². The van der Waals surface area contributed by atoms with E-state index in [4.69, 9.17) is 22.4 Å². The van der Waals surface area contributed by atoms with Crippen LogP contribution in [0, 0.1) is 19.7 Å². The van der Waals surface area contributed by atoms with Crippen LogP contribution in [0.15, 0.2) is 30.3 Å². The van der Waals surface area contributed by atoms with Crippen molar-refractivity contribution >= 4 is 17.6 Å². The first kappa shape index (κ1) is 16.5. The van der Waals surface area contributed by atoms with E-state index in [1.807, 2.05) is 31.2 Å². The number of halogens is 2. The second-order valence-electron chi connectivity index (χ2n) is 5.28. The van der Waals surface area contributed by atoms with Gasteiger partial charge in [0.2, 0.25) is 0 Å². The van der Waals surface area contributed by atoms with Crippen molar-refractivity contribution in [2.45, 2.75) is 26.3 Å². The van der Waals surface area contributed by atoms with E-state index in [1.54, 1.807) is 13.0 Å². The molecule has 0 saturated carbocycles. The maximum Gasteiger partial charge on any atom is 0.305 e. The Morgan fingerprint density at radius 1 is 1.32 bits per heavy atom. The number of carbonyl (C=O) groups is 1. The number of nitrogens with two attached hydrogens (primary N) is 1. The van der Waals surface area contributed by atoms with E-state index in [0.717, 1.165) is 16.7 Å². The standard InChI is InChI=1S/C17H17ClFNO2/c1-9-5-3-4-6-11(9)12-7-13(18)17(19)16(10(12)2)14(20)8-15(21)22/h3-7,14H,8,20H2,1-2H3,(H,21,22). The second-order valence-corrected chi connectivity index (χ2v) is 5.69. The average Bonchev–Trinajstić information content (AvgIpc) is 2.43. The highest BCUT2D eigenvalue weighted by molar-refractivity contribution is 6.31. The van der Waals surface area contributed by atoms with Crippen LogP contribution in [0.1, 0.15) is 29.2 Å². The van der Waals surface area contributed by atoms with E-state index in [-0.39, 0.29) is 17.0 Å². The van der Waals surface area contributed by atoms with Gasteiger partial charge in [-0.05, 0) is 42.2 Å². The molecular weight excluding hydrogens is 305 g/mol. The van der Waals surface area contributed by atoms with Crippen LogP contribution in [0.3, 0.4) is 0 Å². The number of aryl methyl sites for hydroxylation is 1. The van der Waals surface area contributed by atoms with Gasteiger partial charge in [-0.25, -0.2) is 4.39 Å². The fourth-order valence-corrected chi connectivity index (χ4v) is 2.83. The van der Waals surface area contributed by atoms with Crippen LogP contribution in [0.4, 0.5) is 4.39 Å². The summed E-state index contributed by atoms with van der Waals surface area (Å²) < 4.78 is 14.4. The lowest BCUT2D eigenvalue weighted by Crippen LogP contribution is -2.18. The number of carboxylic acids is 1. The molecule has 3 N–H and O–H groups in total. The Morgan fingerprint density at radius 2 is 1.95 bits per heavy atom. The van der Waals surface area contributed by atoms with Crippen LogP contribution in [0.25, 0.3) is 11.1 Å². The third-order valence-electron chi connectivity index (χ3n) is 3.73. The summed E-state index contributed by atoms with van der Waals surface area (Å²) in [7, 11) is 0. The van der Waals surface area contributed by atoms with Gasteiger partial charge >= 0.3 is 5.97 Å². The third-order valence-corrected chi connectivity index (χ3v) is 4.00. The highest BCUT2D eigenvalue weighted by atomic mass is 35.5. The van der Waals surface area contributed by atoms with Gasteiger partial charge in [-0.1, -0.05) is 35.9 Å². The fraction of sp³-hybridized carbons (Fsp3) is 0.235. The van der Waals surface area contributed by atoms with E-state index in [2.05, 4.69) is 0 Å². The summed E-state index contributed by atoms with van der Waals surface area (Å²) in [4.78, 5) is 10.9. The summed E-state index contributed by atoms with van der Waals surface area (Å²) in [6, 6.07) is 8.28. The molecule has 3 nitrogen and oxygen atoms in total. The number of aliphatic carboxylic acids is 1. The monoisotopic (exact) mass is 321 g/mol. The van der Waals surface area contributed by atoms with Gasteiger partial charge in [-0.2, -0.15) is 0 Å². The number of hydrogen-bond acceptors (Lipinski definition) is 2. The summed E-state index contributed by atoms with van der Waals surface area (Å²) in [6.07, 6.45) is -0.356. The fourth-order valence-electron chi connectivity index (χ4n) is 2.62. The third kappa shape index (κ3) is 3.13. The lowest BCUT2D eigenvalue weighted by Gasteiger charge is -2.19. The minimum atomic E-state index is -1.08. The molecule has 2 aromatic rings. The van der Waals surface area contributed by atoms with Crippen molar-refractivity contribution in [1.82, 2.24) is 0 Å². The van der Waals surface area contributed by atoms with Gasteiger partial charge < -0.3 is 10.8 Å². The first-order chi connectivity index (χ1) is 10.3. The maximum absolute atomic E-state index is 14.4. The molecule has 5 heteroatoms. The van der Waals surface area contributed by atoms with Crippen molar-refractivity contribution < 1.29 is 14.3 Å². The van der Waals surface area contributed by atoms with Crippen LogP contribution in [-0.4, -0.2) is 11.1 Å². The zero-order valence-corrected chi connectivity index (χ0v) is 13.1.